The molecule has 1 fully saturated rings. The minimum Gasteiger partial charge on any atom is -0.376 e. The molecule has 1 amide bonds. The third-order valence-corrected chi connectivity index (χ3v) is 4.93. The smallest absolute Gasteiger partial charge is 0.251 e. The Kier molecular flexibility index (Phi) is 4.49. The average Bonchev–Trinajstić information content (AvgIpc) is 3.45. The molecule has 0 saturated carbocycles. The van der Waals surface area contributed by atoms with E-state index in [1.54, 1.807) is 16.6 Å². The first kappa shape index (κ1) is 17.5. The molecule has 2 aromatic carbocycles. The van der Waals surface area contributed by atoms with Crippen LogP contribution in [0.2, 0.25) is 0 Å². The van der Waals surface area contributed by atoms with Crippen molar-refractivity contribution in [3.63, 3.8) is 0 Å². The van der Waals surface area contributed by atoms with Crippen LogP contribution in [0.25, 0.3) is 16.7 Å². The van der Waals surface area contributed by atoms with Crippen LogP contribution in [0.5, 0.6) is 0 Å². The minimum atomic E-state index is -0.134. The van der Waals surface area contributed by atoms with Gasteiger partial charge in [-0.05, 0) is 53.6 Å². The number of hydrogen-bond acceptors (Lipinski definition) is 7. The second kappa shape index (κ2) is 7.44. The van der Waals surface area contributed by atoms with Crippen LogP contribution >= 0.6 is 0 Å². The number of ether oxygens (including phenoxy) is 1. The predicted molar refractivity (Wildman–Crippen MR) is 107 cm³/mol. The number of anilines is 2. The highest BCUT2D eigenvalue weighted by molar-refractivity contribution is 5.95. The van der Waals surface area contributed by atoms with E-state index in [9.17, 15) is 4.79 Å². The van der Waals surface area contributed by atoms with Gasteiger partial charge >= 0.3 is 0 Å². The lowest BCUT2D eigenvalue weighted by atomic mass is 10.1. The number of para-hydroxylation sites is 2. The van der Waals surface area contributed by atoms with E-state index in [4.69, 9.17) is 4.74 Å². The van der Waals surface area contributed by atoms with Gasteiger partial charge < -0.3 is 15.4 Å². The number of rotatable bonds is 5. The lowest BCUT2D eigenvalue weighted by Crippen LogP contribution is -2.31. The zero-order valence-corrected chi connectivity index (χ0v) is 15.6. The van der Waals surface area contributed by atoms with Crippen LogP contribution in [0.1, 0.15) is 23.2 Å². The molecule has 0 radical (unpaired) electrons. The van der Waals surface area contributed by atoms with Crippen LogP contribution in [0.4, 0.5) is 11.5 Å². The molecule has 1 atom stereocenters. The molecule has 5 rings (SSSR count). The Bertz CT molecular complexity index is 1180. The van der Waals surface area contributed by atoms with Crippen LogP contribution in [-0.4, -0.2) is 50.2 Å². The molecule has 146 valence electrons. The maximum absolute atomic E-state index is 12.5. The van der Waals surface area contributed by atoms with Gasteiger partial charge in [-0.3, -0.25) is 4.79 Å². The summed E-state index contributed by atoms with van der Waals surface area (Å²) in [5.41, 5.74) is 3.38. The van der Waals surface area contributed by atoms with Crippen molar-refractivity contribution in [2.45, 2.75) is 18.9 Å². The quantitative estimate of drug-likeness (QED) is 0.539. The molecule has 2 aromatic heterocycles. The monoisotopic (exact) mass is 389 g/mol. The molecule has 9 nitrogen and oxygen atoms in total. The van der Waals surface area contributed by atoms with Crippen LogP contribution in [0.3, 0.4) is 0 Å². The molecule has 1 aliphatic heterocycles. The number of aromatic nitrogens is 5. The number of carbonyl (C=O) groups excluding carboxylic acids is 1. The maximum Gasteiger partial charge on any atom is 0.251 e. The number of amides is 1. The van der Waals surface area contributed by atoms with E-state index in [-0.39, 0.29) is 12.0 Å². The van der Waals surface area contributed by atoms with Crippen LogP contribution in [0, 0.1) is 0 Å². The molecule has 0 aliphatic carbocycles. The van der Waals surface area contributed by atoms with Crippen molar-refractivity contribution in [1.82, 2.24) is 30.3 Å². The fraction of sp³-hybridized carbons (Fsp3) is 0.250. The lowest BCUT2D eigenvalue weighted by molar-refractivity contribution is 0.0858. The highest BCUT2D eigenvalue weighted by Crippen LogP contribution is 2.23. The number of tetrazole rings is 1. The van der Waals surface area contributed by atoms with Gasteiger partial charge in [-0.25, -0.2) is 4.98 Å². The van der Waals surface area contributed by atoms with Crippen LogP contribution in [-0.2, 0) is 4.74 Å². The summed E-state index contributed by atoms with van der Waals surface area (Å²) in [5, 5.41) is 18.1. The van der Waals surface area contributed by atoms with Crippen molar-refractivity contribution < 1.29 is 9.53 Å². The standard InChI is InChI=1S/C20H19N7O2/c28-20(21-12-15-7-4-10-29-15)13-5-3-6-14(11-13)22-18-19-24-25-26-27(19)17-9-2-1-8-16(17)23-18/h1-3,5-6,8-9,11,15H,4,7,10,12H2,(H,21,28)(H,22,23). The third-order valence-electron chi connectivity index (χ3n) is 4.93. The van der Waals surface area contributed by atoms with Crippen molar-refractivity contribution in [3.8, 4) is 0 Å². The lowest BCUT2D eigenvalue weighted by Gasteiger charge is -2.12. The zero-order valence-electron chi connectivity index (χ0n) is 15.6. The highest BCUT2D eigenvalue weighted by atomic mass is 16.5. The van der Waals surface area contributed by atoms with Crippen LogP contribution in [0.15, 0.2) is 48.5 Å². The second-order valence-corrected chi connectivity index (χ2v) is 6.91. The van der Waals surface area contributed by atoms with Crippen molar-refractivity contribution >= 4 is 34.1 Å². The fourth-order valence-electron chi connectivity index (χ4n) is 3.48. The van der Waals surface area contributed by atoms with Crippen molar-refractivity contribution in [3.05, 3.63) is 54.1 Å². The van der Waals surface area contributed by atoms with Crippen molar-refractivity contribution in [1.29, 1.82) is 0 Å². The SMILES string of the molecule is O=C(NCC1CCCO1)c1cccc(Nc2nc3ccccc3n3nnnc23)c1. The van der Waals surface area contributed by atoms with Gasteiger partial charge in [0.1, 0.15) is 0 Å². The Morgan fingerprint density at radius 3 is 3.03 bits per heavy atom. The largest absolute Gasteiger partial charge is 0.376 e. The molecule has 1 unspecified atom stereocenters. The first-order valence-corrected chi connectivity index (χ1v) is 9.52. The Balaban J connectivity index is 1.40. The molecular weight excluding hydrogens is 370 g/mol. The van der Waals surface area contributed by atoms with E-state index in [1.807, 2.05) is 36.4 Å². The van der Waals surface area contributed by atoms with Gasteiger partial charge in [0.05, 0.1) is 17.1 Å². The topological polar surface area (TPSA) is 106 Å². The van der Waals surface area contributed by atoms with Gasteiger partial charge in [-0.2, -0.15) is 4.52 Å². The zero-order chi connectivity index (χ0) is 19.6. The molecule has 29 heavy (non-hydrogen) atoms. The summed E-state index contributed by atoms with van der Waals surface area (Å²) < 4.78 is 7.20. The number of nitrogens with zero attached hydrogens (tertiary/aromatic N) is 5. The fourth-order valence-corrected chi connectivity index (χ4v) is 3.48. The van der Waals surface area contributed by atoms with Crippen molar-refractivity contribution in [2.24, 2.45) is 0 Å². The van der Waals surface area contributed by atoms with Gasteiger partial charge in [-0.15, -0.1) is 5.10 Å². The number of hydrogen-bond donors (Lipinski definition) is 2. The number of fused-ring (bicyclic) bond motifs is 3. The molecule has 0 bridgehead atoms. The maximum atomic E-state index is 12.5. The summed E-state index contributed by atoms with van der Waals surface area (Å²) in [6, 6.07) is 14.9. The van der Waals surface area contributed by atoms with Gasteiger partial charge in [0.25, 0.3) is 5.91 Å². The number of carbonyl (C=O) groups is 1. The summed E-state index contributed by atoms with van der Waals surface area (Å²) in [7, 11) is 0. The molecule has 4 aromatic rings. The van der Waals surface area contributed by atoms with E-state index >= 15 is 0 Å². The van der Waals surface area contributed by atoms with E-state index in [0.29, 0.717) is 23.6 Å². The summed E-state index contributed by atoms with van der Waals surface area (Å²) in [4.78, 5) is 17.1. The third kappa shape index (κ3) is 3.47. The number of nitrogens with one attached hydrogen (secondary N) is 2. The van der Waals surface area contributed by atoms with Gasteiger partial charge in [0.2, 0.25) is 5.65 Å². The first-order chi connectivity index (χ1) is 14.3. The normalized spacial score (nSPS) is 16.3. The summed E-state index contributed by atoms with van der Waals surface area (Å²) >= 11 is 0. The average molecular weight is 389 g/mol. The Hall–Kier alpha value is -3.59. The minimum absolute atomic E-state index is 0.107. The van der Waals surface area contributed by atoms with Gasteiger partial charge in [0.15, 0.2) is 5.82 Å². The Morgan fingerprint density at radius 1 is 1.21 bits per heavy atom. The molecule has 3 heterocycles. The first-order valence-electron chi connectivity index (χ1n) is 9.52. The predicted octanol–water partition coefficient (Wildman–Crippen LogP) is 2.32. The van der Waals surface area contributed by atoms with E-state index < -0.39 is 0 Å². The molecular formula is C20H19N7O2. The molecule has 9 heteroatoms. The van der Waals surface area contributed by atoms with Crippen LogP contribution < -0.4 is 10.6 Å². The summed E-state index contributed by atoms with van der Waals surface area (Å²) in [6.45, 7) is 1.29. The molecule has 0 spiro atoms. The van der Waals surface area contributed by atoms with E-state index in [0.717, 1.165) is 36.2 Å². The summed E-state index contributed by atoms with van der Waals surface area (Å²) in [6.07, 6.45) is 2.14. The molecule has 2 N–H and O–H groups in total. The summed E-state index contributed by atoms with van der Waals surface area (Å²) in [5.74, 6) is 0.385. The molecule has 1 saturated heterocycles. The number of benzene rings is 2. The Labute approximate surface area is 166 Å². The van der Waals surface area contributed by atoms with E-state index in [1.165, 1.54) is 0 Å². The van der Waals surface area contributed by atoms with Gasteiger partial charge in [0, 0.05) is 24.4 Å². The Morgan fingerprint density at radius 2 is 2.14 bits per heavy atom. The second-order valence-electron chi connectivity index (χ2n) is 6.91. The highest BCUT2D eigenvalue weighted by Gasteiger charge is 2.17. The van der Waals surface area contributed by atoms with Crippen molar-refractivity contribution in [2.75, 3.05) is 18.5 Å². The molecule has 1 aliphatic rings. The van der Waals surface area contributed by atoms with Gasteiger partial charge in [-0.1, -0.05) is 18.2 Å². The van der Waals surface area contributed by atoms with E-state index in [2.05, 4.69) is 31.1 Å².